The Bertz CT molecular complexity index is 1110. The third-order valence-corrected chi connectivity index (χ3v) is 4.28. The van der Waals surface area contributed by atoms with Crippen LogP contribution in [-0.2, 0) is 0 Å². The number of nitrogens with zero attached hydrogens (tertiary/aromatic N) is 2. The Labute approximate surface area is 168 Å². The summed E-state index contributed by atoms with van der Waals surface area (Å²) in [6.45, 7) is 2.38. The van der Waals surface area contributed by atoms with E-state index >= 15 is 0 Å². The Balaban J connectivity index is 1.49. The van der Waals surface area contributed by atoms with Crippen molar-refractivity contribution in [1.82, 2.24) is 10.1 Å². The van der Waals surface area contributed by atoms with Crippen molar-refractivity contribution in [3.8, 4) is 28.6 Å². The summed E-state index contributed by atoms with van der Waals surface area (Å²) in [6.07, 6.45) is 0. The van der Waals surface area contributed by atoms with Crippen molar-refractivity contribution < 1.29 is 14.1 Å². The van der Waals surface area contributed by atoms with E-state index in [1.54, 1.807) is 30.3 Å². The van der Waals surface area contributed by atoms with Crippen LogP contribution >= 0.6 is 0 Å². The van der Waals surface area contributed by atoms with E-state index < -0.39 is 0 Å². The second-order valence-corrected chi connectivity index (χ2v) is 6.25. The average molecular weight is 385 g/mol. The molecule has 3 aromatic carbocycles. The highest BCUT2D eigenvalue weighted by atomic mass is 16.5. The third-order valence-electron chi connectivity index (χ3n) is 4.28. The molecule has 0 atom stereocenters. The van der Waals surface area contributed by atoms with Crippen molar-refractivity contribution in [3.05, 3.63) is 84.4 Å². The fourth-order valence-corrected chi connectivity index (χ4v) is 2.88. The molecule has 0 unspecified atom stereocenters. The standard InChI is InChI=1S/C23H19N3O3/c1-2-28-20-11-7-6-10-19(20)22(27)24-18-14-12-17(13-15-18)23-25-21(26-29-23)16-8-4-3-5-9-16/h3-15H,2H2,1H3,(H,24,27). The smallest absolute Gasteiger partial charge is 0.259 e. The lowest BCUT2D eigenvalue weighted by Crippen LogP contribution is -2.13. The summed E-state index contributed by atoms with van der Waals surface area (Å²) in [4.78, 5) is 17.0. The number of benzene rings is 3. The van der Waals surface area contributed by atoms with Gasteiger partial charge in [0.2, 0.25) is 5.82 Å². The minimum Gasteiger partial charge on any atom is -0.493 e. The maximum absolute atomic E-state index is 12.6. The Morgan fingerprint density at radius 2 is 1.66 bits per heavy atom. The van der Waals surface area contributed by atoms with Gasteiger partial charge < -0.3 is 14.6 Å². The zero-order chi connectivity index (χ0) is 20.1. The average Bonchev–Trinajstić information content (AvgIpc) is 3.26. The lowest BCUT2D eigenvalue weighted by molar-refractivity contribution is 0.102. The van der Waals surface area contributed by atoms with Gasteiger partial charge in [0.05, 0.1) is 12.2 Å². The molecule has 29 heavy (non-hydrogen) atoms. The molecule has 0 radical (unpaired) electrons. The third kappa shape index (κ3) is 4.16. The van der Waals surface area contributed by atoms with E-state index in [1.807, 2.05) is 55.5 Å². The van der Waals surface area contributed by atoms with Gasteiger partial charge in [0, 0.05) is 16.8 Å². The van der Waals surface area contributed by atoms with Crippen molar-refractivity contribution in [1.29, 1.82) is 0 Å². The van der Waals surface area contributed by atoms with Crippen LogP contribution in [0.4, 0.5) is 5.69 Å². The topological polar surface area (TPSA) is 77.2 Å². The Kier molecular flexibility index (Phi) is 5.33. The second kappa shape index (κ2) is 8.39. The molecule has 1 N–H and O–H groups in total. The first-order chi connectivity index (χ1) is 14.2. The fraction of sp³-hybridized carbons (Fsp3) is 0.0870. The van der Waals surface area contributed by atoms with Crippen molar-refractivity contribution in [3.63, 3.8) is 0 Å². The number of aromatic nitrogens is 2. The number of para-hydroxylation sites is 1. The van der Waals surface area contributed by atoms with E-state index in [9.17, 15) is 4.79 Å². The van der Waals surface area contributed by atoms with Gasteiger partial charge in [-0.3, -0.25) is 4.79 Å². The molecule has 0 bridgehead atoms. The molecular weight excluding hydrogens is 366 g/mol. The molecule has 1 heterocycles. The molecule has 0 spiro atoms. The monoisotopic (exact) mass is 385 g/mol. The zero-order valence-electron chi connectivity index (χ0n) is 15.8. The molecule has 4 rings (SSSR count). The molecule has 1 amide bonds. The van der Waals surface area contributed by atoms with Crippen LogP contribution in [0.3, 0.4) is 0 Å². The number of hydrogen-bond acceptors (Lipinski definition) is 5. The number of ether oxygens (including phenoxy) is 1. The maximum Gasteiger partial charge on any atom is 0.259 e. The van der Waals surface area contributed by atoms with E-state index in [-0.39, 0.29) is 5.91 Å². The summed E-state index contributed by atoms with van der Waals surface area (Å²) in [5, 5.41) is 6.91. The van der Waals surface area contributed by atoms with E-state index in [1.165, 1.54) is 0 Å². The van der Waals surface area contributed by atoms with Gasteiger partial charge in [0.25, 0.3) is 11.8 Å². The Hall–Kier alpha value is -3.93. The van der Waals surface area contributed by atoms with Crippen molar-refractivity contribution in [2.45, 2.75) is 6.92 Å². The van der Waals surface area contributed by atoms with Crippen LogP contribution in [0.5, 0.6) is 5.75 Å². The minimum atomic E-state index is -0.231. The van der Waals surface area contributed by atoms with E-state index in [4.69, 9.17) is 9.26 Å². The first-order valence-electron chi connectivity index (χ1n) is 9.27. The fourth-order valence-electron chi connectivity index (χ4n) is 2.88. The van der Waals surface area contributed by atoms with Gasteiger partial charge in [-0.15, -0.1) is 0 Å². The van der Waals surface area contributed by atoms with Crippen molar-refractivity contribution in [2.24, 2.45) is 0 Å². The molecular formula is C23H19N3O3. The van der Waals surface area contributed by atoms with E-state index in [2.05, 4.69) is 15.5 Å². The number of carbonyl (C=O) groups excluding carboxylic acids is 1. The minimum absolute atomic E-state index is 0.231. The van der Waals surface area contributed by atoms with Crippen molar-refractivity contribution >= 4 is 11.6 Å². The van der Waals surface area contributed by atoms with Crippen LogP contribution in [-0.4, -0.2) is 22.7 Å². The normalized spacial score (nSPS) is 10.5. The number of carbonyl (C=O) groups is 1. The highest BCUT2D eigenvalue weighted by molar-refractivity contribution is 6.06. The predicted molar refractivity (Wildman–Crippen MR) is 111 cm³/mol. The number of hydrogen-bond donors (Lipinski definition) is 1. The Morgan fingerprint density at radius 3 is 2.41 bits per heavy atom. The first-order valence-corrected chi connectivity index (χ1v) is 9.27. The maximum atomic E-state index is 12.6. The van der Waals surface area contributed by atoms with Crippen LogP contribution < -0.4 is 10.1 Å². The van der Waals surface area contributed by atoms with Crippen LogP contribution in [0.2, 0.25) is 0 Å². The molecule has 0 fully saturated rings. The van der Waals surface area contributed by atoms with Gasteiger partial charge in [-0.25, -0.2) is 0 Å². The molecule has 0 aliphatic heterocycles. The van der Waals surface area contributed by atoms with Gasteiger partial charge in [0.15, 0.2) is 0 Å². The molecule has 4 aromatic rings. The van der Waals surface area contributed by atoms with Crippen LogP contribution in [0, 0.1) is 0 Å². The number of amides is 1. The highest BCUT2D eigenvalue weighted by Crippen LogP contribution is 2.24. The lowest BCUT2D eigenvalue weighted by Gasteiger charge is -2.10. The summed E-state index contributed by atoms with van der Waals surface area (Å²) >= 11 is 0. The largest absolute Gasteiger partial charge is 0.493 e. The highest BCUT2D eigenvalue weighted by Gasteiger charge is 2.13. The van der Waals surface area contributed by atoms with Gasteiger partial charge in [-0.2, -0.15) is 4.98 Å². The molecule has 0 saturated carbocycles. The van der Waals surface area contributed by atoms with Gasteiger partial charge >= 0.3 is 0 Å². The summed E-state index contributed by atoms with van der Waals surface area (Å²) in [7, 11) is 0. The van der Waals surface area contributed by atoms with Crippen molar-refractivity contribution in [2.75, 3.05) is 11.9 Å². The lowest BCUT2D eigenvalue weighted by atomic mass is 10.1. The Morgan fingerprint density at radius 1 is 0.931 bits per heavy atom. The van der Waals surface area contributed by atoms with Gasteiger partial charge in [-0.05, 0) is 43.3 Å². The molecule has 6 heteroatoms. The summed E-state index contributed by atoms with van der Waals surface area (Å²) < 4.78 is 10.9. The van der Waals surface area contributed by atoms with Gasteiger partial charge in [-0.1, -0.05) is 47.6 Å². The first kappa shape index (κ1) is 18.4. The van der Waals surface area contributed by atoms with Crippen LogP contribution in [0.1, 0.15) is 17.3 Å². The molecule has 144 valence electrons. The van der Waals surface area contributed by atoms with Crippen LogP contribution in [0.15, 0.2) is 83.4 Å². The number of rotatable bonds is 6. The van der Waals surface area contributed by atoms with E-state index in [0.717, 1.165) is 11.1 Å². The number of anilines is 1. The molecule has 0 saturated heterocycles. The molecule has 0 aliphatic rings. The SMILES string of the molecule is CCOc1ccccc1C(=O)Nc1ccc(-c2nc(-c3ccccc3)no2)cc1. The summed E-state index contributed by atoms with van der Waals surface area (Å²) in [5.74, 6) is 1.28. The van der Waals surface area contributed by atoms with Gasteiger partial charge in [0.1, 0.15) is 5.75 Å². The molecule has 0 aliphatic carbocycles. The summed E-state index contributed by atoms with van der Waals surface area (Å²) in [6, 6.07) is 24.0. The number of nitrogens with one attached hydrogen (secondary N) is 1. The quantitative estimate of drug-likeness (QED) is 0.502. The summed E-state index contributed by atoms with van der Waals surface area (Å²) in [5.41, 5.74) is 2.81. The zero-order valence-corrected chi connectivity index (χ0v) is 15.8. The molecule has 6 nitrogen and oxygen atoms in total. The predicted octanol–water partition coefficient (Wildman–Crippen LogP) is 5.05. The molecule has 1 aromatic heterocycles. The second-order valence-electron chi connectivity index (χ2n) is 6.25. The van der Waals surface area contributed by atoms with Crippen LogP contribution in [0.25, 0.3) is 22.8 Å². The van der Waals surface area contributed by atoms with E-state index in [0.29, 0.717) is 35.3 Å².